The Morgan fingerprint density at radius 1 is 1.19 bits per heavy atom. The number of aromatic nitrogens is 2. The molecule has 1 N–H and O–H groups in total. The highest BCUT2D eigenvalue weighted by Crippen LogP contribution is 2.25. The zero-order valence-corrected chi connectivity index (χ0v) is 9.71. The standard InChI is InChI=1S/C13H15FN2/c1-13(2,3)12-8-11(15-16-12)9-5-4-6-10(14)7-9/h4-8H,1-3H3,(H,15,16). The molecule has 3 heteroatoms. The predicted octanol–water partition coefficient (Wildman–Crippen LogP) is 3.51. The Hall–Kier alpha value is -1.64. The van der Waals surface area contributed by atoms with Gasteiger partial charge in [-0.1, -0.05) is 32.9 Å². The Labute approximate surface area is 94.5 Å². The summed E-state index contributed by atoms with van der Waals surface area (Å²) >= 11 is 0. The van der Waals surface area contributed by atoms with Gasteiger partial charge < -0.3 is 0 Å². The van der Waals surface area contributed by atoms with Gasteiger partial charge in [-0.2, -0.15) is 5.10 Å². The molecule has 0 fully saturated rings. The molecule has 0 bridgehead atoms. The minimum atomic E-state index is -0.232. The van der Waals surface area contributed by atoms with Crippen LogP contribution in [-0.4, -0.2) is 10.2 Å². The maximum atomic E-state index is 13.1. The van der Waals surface area contributed by atoms with E-state index in [-0.39, 0.29) is 11.2 Å². The summed E-state index contributed by atoms with van der Waals surface area (Å²) in [6, 6.07) is 8.46. The molecule has 0 aliphatic heterocycles. The van der Waals surface area contributed by atoms with Gasteiger partial charge in [0.05, 0.1) is 11.4 Å². The molecule has 0 saturated heterocycles. The summed E-state index contributed by atoms with van der Waals surface area (Å²) in [5, 5.41) is 7.19. The molecule has 2 rings (SSSR count). The van der Waals surface area contributed by atoms with Crippen molar-refractivity contribution >= 4 is 0 Å². The minimum Gasteiger partial charge on any atom is -0.278 e. The number of nitrogens with zero attached hydrogens (tertiary/aromatic N) is 1. The molecule has 16 heavy (non-hydrogen) atoms. The van der Waals surface area contributed by atoms with Gasteiger partial charge in [-0.15, -0.1) is 0 Å². The van der Waals surface area contributed by atoms with E-state index >= 15 is 0 Å². The summed E-state index contributed by atoms with van der Waals surface area (Å²) in [6.07, 6.45) is 0. The molecule has 0 aliphatic carbocycles. The molecular weight excluding hydrogens is 203 g/mol. The van der Waals surface area contributed by atoms with E-state index < -0.39 is 0 Å². The number of hydrogen-bond donors (Lipinski definition) is 1. The van der Waals surface area contributed by atoms with Crippen LogP contribution in [0.4, 0.5) is 4.39 Å². The van der Waals surface area contributed by atoms with Crippen LogP contribution in [0.5, 0.6) is 0 Å². The Morgan fingerprint density at radius 3 is 2.50 bits per heavy atom. The second-order valence-corrected chi connectivity index (χ2v) is 4.93. The minimum absolute atomic E-state index is 0.00206. The van der Waals surface area contributed by atoms with Crippen molar-refractivity contribution in [1.29, 1.82) is 0 Å². The van der Waals surface area contributed by atoms with E-state index in [1.165, 1.54) is 12.1 Å². The fourth-order valence-electron chi connectivity index (χ4n) is 1.51. The van der Waals surface area contributed by atoms with Crippen molar-refractivity contribution in [2.75, 3.05) is 0 Å². The van der Waals surface area contributed by atoms with Crippen molar-refractivity contribution in [2.24, 2.45) is 0 Å². The van der Waals surface area contributed by atoms with Crippen LogP contribution < -0.4 is 0 Å². The summed E-state index contributed by atoms with van der Waals surface area (Å²) in [7, 11) is 0. The second kappa shape index (κ2) is 3.74. The van der Waals surface area contributed by atoms with Crippen molar-refractivity contribution in [3.8, 4) is 11.3 Å². The Bertz CT molecular complexity index is 495. The molecule has 1 aromatic carbocycles. The normalized spacial score (nSPS) is 11.8. The van der Waals surface area contributed by atoms with Crippen LogP contribution in [0.2, 0.25) is 0 Å². The molecule has 1 aromatic heterocycles. The third-order valence-corrected chi connectivity index (χ3v) is 2.48. The first-order valence-electron chi connectivity index (χ1n) is 5.28. The number of H-pyrrole nitrogens is 1. The molecule has 2 nitrogen and oxygen atoms in total. The summed E-state index contributed by atoms with van der Waals surface area (Å²) in [4.78, 5) is 0. The van der Waals surface area contributed by atoms with Crippen LogP contribution in [0.25, 0.3) is 11.3 Å². The number of halogens is 1. The first-order valence-corrected chi connectivity index (χ1v) is 5.28. The first kappa shape index (κ1) is 10.9. The maximum Gasteiger partial charge on any atom is 0.123 e. The molecule has 0 atom stereocenters. The van der Waals surface area contributed by atoms with Gasteiger partial charge in [0.25, 0.3) is 0 Å². The highest BCUT2D eigenvalue weighted by atomic mass is 19.1. The number of benzene rings is 1. The van der Waals surface area contributed by atoms with Gasteiger partial charge in [-0.05, 0) is 18.2 Å². The lowest BCUT2D eigenvalue weighted by Gasteiger charge is -2.13. The SMILES string of the molecule is CC(C)(C)c1cc(-c2cccc(F)c2)[nH]n1. The molecule has 1 heterocycles. The smallest absolute Gasteiger partial charge is 0.123 e. The molecule has 2 aromatic rings. The van der Waals surface area contributed by atoms with E-state index in [9.17, 15) is 4.39 Å². The van der Waals surface area contributed by atoms with E-state index in [4.69, 9.17) is 0 Å². The summed E-state index contributed by atoms with van der Waals surface area (Å²) in [5.74, 6) is -0.232. The largest absolute Gasteiger partial charge is 0.278 e. The van der Waals surface area contributed by atoms with Crippen LogP contribution in [0, 0.1) is 5.82 Å². The van der Waals surface area contributed by atoms with Crippen molar-refractivity contribution < 1.29 is 4.39 Å². The van der Waals surface area contributed by atoms with Crippen LogP contribution >= 0.6 is 0 Å². The molecule has 0 unspecified atom stereocenters. The fraction of sp³-hybridized carbons (Fsp3) is 0.308. The van der Waals surface area contributed by atoms with Crippen LogP contribution in [0.15, 0.2) is 30.3 Å². The summed E-state index contributed by atoms with van der Waals surface area (Å²) in [5.41, 5.74) is 2.65. The lowest BCUT2D eigenvalue weighted by atomic mass is 9.92. The quantitative estimate of drug-likeness (QED) is 0.779. The van der Waals surface area contributed by atoms with Crippen LogP contribution in [0.3, 0.4) is 0 Å². The molecule has 0 radical (unpaired) electrons. The average molecular weight is 218 g/mol. The second-order valence-electron chi connectivity index (χ2n) is 4.93. The first-order chi connectivity index (χ1) is 7.47. The molecule has 0 saturated carbocycles. The third kappa shape index (κ3) is 2.13. The van der Waals surface area contributed by atoms with E-state index in [1.807, 2.05) is 12.1 Å². The number of rotatable bonds is 1. The Kier molecular flexibility index (Phi) is 2.54. The number of nitrogens with one attached hydrogen (secondary N) is 1. The Balaban J connectivity index is 2.39. The monoisotopic (exact) mass is 218 g/mol. The van der Waals surface area contributed by atoms with Gasteiger partial charge in [-0.25, -0.2) is 4.39 Å². The van der Waals surface area contributed by atoms with Gasteiger partial charge in [0.2, 0.25) is 0 Å². The predicted molar refractivity (Wildman–Crippen MR) is 62.7 cm³/mol. The van der Waals surface area contributed by atoms with Gasteiger partial charge in [0, 0.05) is 11.0 Å². The van der Waals surface area contributed by atoms with Gasteiger partial charge >= 0.3 is 0 Å². The van der Waals surface area contributed by atoms with Crippen molar-refractivity contribution in [1.82, 2.24) is 10.2 Å². The lowest BCUT2D eigenvalue weighted by Crippen LogP contribution is -2.11. The number of aromatic amines is 1. The zero-order chi connectivity index (χ0) is 11.8. The lowest BCUT2D eigenvalue weighted by molar-refractivity contribution is 0.567. The zero-order valence-electron chi connectivity index (χ0n) is 9.71. The van der Waals surface area contributed by atoms with Gasteiger partial charge in [-0.3, -0.25) is 5.10 Å². The van der Waals surface area contributed by atoms with Gasteiger partial charge in [0.1, 0.15) is 5.82 Å². The van der Waals surface area contributed by atoms with Crippen molar-refractivity contribution in [3.63, 3.8) is 0 Å². The Morgan fingerprint density at radius 2 is 1.94 bits per heavy atom. The topological polar surface area (TPSA) is 28.7 Å². The van der Waals surface area contributed by atoms with E-state index in [0.717, 1.165) is 17.0 Å². The summed E-state index contributed by atoms with van der Waals surface area (Å²) in [6.45, 7) is 6.29. The van der Waals surface area contributed by atoms with E-state index in [1.54, 1.807) is 6.07 Å². The molecule has 0 amide bonds. The highest BCUT2D eigenvalue weighted by Gasteiger charge is 2.17. The van der Waals surface area contributed by atoms with E-state index in [2.05, 4.69) is 31.0 Å². The molecule has 0 spiro atoms. The molecular formula is C13H15FN2. The number of hydrogen-bond acceptors (Lipinski definition) is 1. The van der Waals surface area contributed by atoms with Crippen molar-refractivity contribution in [3.05, 3.63) is 41.8 Å². The third-order valence-electron chi connectivity index (χ3n) is 2.48. The van der Waals surface area contributed by atoms with Crippen molar-refractivity contribution in [2.45, 2.75) is 26.2 Å². The summed E-state index contributed by atoms with van der Waals surface area (Å²) < 4.78 is 13.1. The maximum absolute atomic E-state index is 13.1. The fourth-order valence-corrected chi connectivity index (χ4v) is 1.51. The molecule has 0 aliphatic rings. The van der Waals surface area contributed by atoms with Crippen LogP contribution in [-0.2, 0) is 5.41 Å². The average Bonchev–Trinajstić information content (AvgIpc) is 2.65. The highest BCUT2D eigenvalue weighted by molar-refractivity contribution is 5.59. The molecule has 84 valence electrons. The van der Waals surface area contributed by atoms with Gasteiger partial charge in [0.15, 0.2) is 0 Å². The van der Waals surface area contributed by atoms with Crippen LogP contribution in [0.1, 0.15) is 26.5 Å². The van der Waals surface area contributed by atoms with E-state index in [0.29, 0.717) is 0 Å².